The fraction of sp³-hybridized carbons (Fsp3) is 0.200. The number of nitrogens with one attached hydrogen (secondary N) is 2. The third kappa shape index (κ3) is 2.94. The van der Waals surface area contributed by atoms with Crippen molar-refractivity contribution in [3.8, 4) is 0 Å². The van der Waals surface area contributed by atoms with Gasteiger partial charge in [-0.25, -0.2) is 14.0 Å². The highest BCUT2D eigenvalue weighted by Gasteiger charge is 2.09. The number of urea groups is 1. The van der Waals surface area contributed by atoms with E-state index in [1.165, 1.54) is 12.1 Å². The third-order valence-electron chi connectivity index (χ3n) is 1.80. The number of aromatic carboxylic acids is 1. The number of rotatable bonds is 3. The van der Waals surface area contributed by atoms with Gasteiger partial charge in [-0.15, -0.1) is 0 Å². The molecular formula is C10H11FN2O3. The minimum absolute atomic E-state index is 0.0593. The summed E-state index contributed by atoms with van der Waals surface area (Å²) in [6.45, 7) is 2.14. The molecular weight excluding hydrogens is 215 g/mol. The molecule has 5 nitrogen and oxygen atoms in total. The van der Waals surface area contributed by atoms with Gasteiger partial charge in [0.25, 0.3) is 0 Å². The van der Waals surface area contributed by atoms with Crippen molar-refractivity contribution in [2.24, 2.45) is 0 Å². The summed E-state index contributed by atoms with van der Waals surface area (Å²) in [5.74, 6) is -2.00. The number of carbonyl (C=O) groups excluding carboxylic acids is 1. The van der Waals surface area contributed by atoms with Gasteiger partial charge in [0.15, 0.2) is 0 Å². The van der Waals surface area contributed by atoms with Crippen LogP contribution in [0.4, 0.5) is 14.9 Å². The molecule has 1 aromatic carbocycles. The zero-order chi connectivity index (χ0) is 12.1. The molecule has 0 aromatic heterocycles. The van der Waals surface area contributed by atoms with Crippen molar-refractivity contribution in [1.82, 2.24) is 5.32 Å². The first-order valence-corrected chi connectivity index (χ1v) is 4.62. The quantitative estimate of drug-likeness (QED) is 0.733. The largest absolute Gasteiger partial charge is 0.478 e. The lowest BCUT2D eigenvalue weighted by atomic mass is 10.2. The first-order valence-electron chi connectivity index (χ1n) is 4.62. The highest BCUT2D eigenvalue weighted by atomic mass is 19.1. The molecule has 0 fully saturated rings. The molecule has 16 heavy (non-hydrogen) atoms. The lowest BCUT2D eigenvalue weighted by Crippen LogP contribution is -2.28. The number of carboxylic acids is 1. The summed E-state index contributed by atoms with van der Waals surface area (Å²) in [6, 6.07) is 2.73. The van der Waals surface area contributed by atoms with Gasteiger partial charge >= 0.3 is 12.0 Å². The lowest BCUT2D eigenvalue weighted by Gasteiger charge is -2.07. The maximum absolute atomic E-state index is 13.3. The zero-order valence-corrected chi connectivity index (χ0v) is 8.58. The third-order valence-corrected chi connectivity index (χ3v) is 1.80. The van der Waals surface area contributed by atoms with Crippen LogP contribution < -0.4 is 10.6 Å². The van der Waals surface area contributed by atoms with E-state index in [0.29, 0.717) is 6.54 Å². The first kappa shape index (κ1) is 12.0. The van der Waals surface area contributed by atoms with Crippen molar-refractivity contribution in [2.45, 2.75) is 6.92 Å². The van der Waals surface area contributed by atoms with Crippen molar-refractivity contribution in [1.29, 1.82) is 0 Å². The molecule has 6 heteroatoms. The summed E-state index contributed by atoms with van der Waals surface area (Å²) < 4.78 is 13.3. The number of benzene rings is 1. The average molecular weight is 226 g/mol. The maximum Gasteiger partial charge on any atom is 0.335 e. The summed E-state index contributed by atoms with van der Waals surface area (Å²) in [6.07, 6.45) is 0. The molecule has 0 saturated heterocycles. The van der Waals surface area contributed by atoms with E-state index in [9.17, 15) is 14.0 Å². The second-order valence-corrected chi connectivity index (χ2v) is 2.98. The van der Waals surface area contributed by atoms with Crippen LogP contribution in [0.3, 0.4) is 0 Å². The number of carbonyl (C=O) groups is 2. The predicted molar refractivity (Wildman–Crippen MR) is 56.1 cm³/mol. The number of carboxylic acid groups (broad SMARTS) is 1. The highest BCUT2D eigenvalue weighted by Crippen LogP contribution is 2.15. The molecule has 86 valence electrons. The first-order chi connectivity index (χ1) is 7.54. The smallest absolute Gasteiger partial charge is 0.335 e. The average Bonchev–Trinajstić information content (AvgIpc) is 2.21. The molecule has 0 unspecified atom stereocenters. The molecule has 0 saturated carbocycles. The summed E-state index contributed by atoms with van der Waals surface area (Å²) in [4.78, 5) is 21.6. The molecule has 0 radical (unpaired) electrons. The molecule has 0 aliphatic rings. The summed E-state index contributed by atoms with van der Waals surface area (Å²) in [5, 5.41) is 13.3. The molecule has 2 amide bonds. The van der Waals surface area contributed by atoms with E-state index in [1.54, 1.807) is 6.92 Å². The van der Waals surface area contributed by atoms with Crippen molar-refractivity contribution in [3.63, 3.8) is 0 Å². The Hall–Kier alpha value is -2.11. The van der Waals surface area contributed by atoms with Crippen LogP contribution in [0.1, 0.15) is 17.3 Å². The van der Waals surface area contributed by atoms with Crippen LogP contribution in [-0.4, -0.2) is 23.7 Å². The van der Waals surface area contributed by atoms with Crippen LogP contribution in [0.15, 0.2) is 18.2 Å². The fourth-order valence-electron chi connectivity index (χ4n) is 1.08. The number of hydrogen-bond donors (Lipinski definition) is 3. The van der Waals surface area contributed by atoms with E-state index < -0.39 is 17.8 Å². The van der Waals surface area contributed by atoms with Crippen LogP contribution in [0.2, 0.25) is 0 Å². The Kier molecular flexibility index (Phi) is 3.82. The topological polar surface area (TPSA) is 78.4 Å². The molecule has 0 aliphatic carbocycles. The summed E-state index contributed by atoms with van der Waals surface area (Å²) in [7, 11) is 0. The van der Waals surface area contributed by atoms with Crippen LogP contribution in [0, 0.1) is 5.82 Å². The van der Waals surface area contributed by atoms with E-state index in [1.807, 2.05) is 0 Å². The Morgan fingerprint density at radius 3 is 2.62 bits per heavy atom. The van der Waals surface area contributed by atoms with Gasteiger partial charge in [0.2, 0.25) is 0 Å². The van der Waals surface area contributed by atoms with Gasteiger partial charge in [0.1, 0.15) is 5.82 Å². The second kappa shape index (κ2) is 5.11. The fourth-order valence-corrected chi connectivity index (χ4v) is 1.08. The summed E-state index contributed by atoms with van der Waals surface area (Å²) >= 11 is 0. The Labute approximate surface area is 91.3 Å². The molecule has 3 N–H and O–H groups in total. The van der Waals surface area contributed by atoms with Gasteiger partial charge in [-0.1, -0.05) is 0 Å². The van der Waals surface area contributed by atoms with Crippen LogP contribution in [-0.2, 0) is 0 Å². The van der Waals surface area contributed by atoms with Gasteiger partial charge in [-0.2, -0.15) is 0 Å². The molecule has 1 rings (SSSR count). The number of amides is 2. The number of anilines is 1. The standard InChI is InChI=1S/C10H11FN2O3/c1-2-12-10(16)13-8-4-3-6(9(14)15)5-7(8)11/h3-5H,2H2,1H3,(H,14,15)(H2,12,13,16). The normalized spacial score (nSPS) is 9.62. The highest BCUT2D eigenvalue weighted by molar-refractivity contribution is 5.91. The lowest BCUT2D eigenvalue weighted by molar-refractivity contribution is 0.0696. The molecule has 0 atom stereocenters. The van der Waals surface area contributed by atoms with Crippen molar-refractivity contribution < 1.29 is 19.1 Å². The maximum atomic E-state index is 13.3. The van der Waals surface area contributed by atoms with E-state index >= 15 is 0 Å². The van der Waals surface area contributed by atoms with E-state index in [-0.39, 0.29) is 11.3 Å². The predicted octanol–water partition coefficient (Wildman–Crippen LogP) is 1.67. The minimum atomic E-state index is -1.22. The molecule has 0 bridgehead atoms. The molecule has 1 aromatic rings. The SMILES string of the molecule is CCNC(=O)Nc1ccc(C(=O)O)cc1F. The van der Waals surface area contributed by atoms with Crippen LogP contribution in [0.5, 0.6) is 0 Å². The van der Waals surface area contributed by atoms with E-state index in [4.69, 9.17) is 5.11 Å². The van der Waals surface area contributed by atoms with Crippen LogP contribution >= 0.6 is 0 Å². The van der Waals surface area contributed by atoms with Crippen molar-refractivity contribution in [3.05, 3.63) is 29.6 Å². The van der Waals surface area contributed by atoms with Gasteiger partial charge in [-0.3, -0.25) is 0 Å². The molecule has 0 spiro atoms. The van der Waals surface area contributed by atoms with Gasteiger partial charge in [-0.05, 0) is 25.1 Å². The van der Waals surface area contributed by atoms with E-state index in [2.05, 4.69) is 10.6 Å². The van der Waals surface area contributed by atoms with Crippen LogP contribution in [0.25, 0.3) is 0 Å². The van der Waals surface area contributed by atoms with Gasteiger partial charge < -0.3 is 15.7 Å². The monoisotopic (exact) mass is 226 g/mol. The Balaban J connectivity index is 2.83. The Morgan fingerprint density at radius 1 is 1.44 bits per heavy atom. The van der Waals surface area contributed by atoms with Gasteiger partial charge in [0.05, 0.1) is 11.3 Å². The van der Waals surface area contributed by atoms with Crippen molar-refractivity contribution >= 4 is 17.7 Å². The van der Waals surface area contributed by atoms with Gasteiger partial charge in [0, 0.05) is 6.54 Å². The molecule has 0 heterocycles. The number of hydrogen-bond acceptors (Lipinski definition) is 2. The Bertz CT molecular complexity index is 421. The van der Waals surface area contributed by atoms with E-state index in [0.717, 1.165) is 6.07 Å². The minimum Gasteiger partial charge on any atom is -0.478 e. The number of halogens is 1. The van der Waals surface area contributed by atoms with Crippen molar-refractivity contribution in [2.75, 3.05) is 11.9 Å². The zero-order valence-electron chi connectivity index (χ0n) is 8.58. The molecule has 0 aliphatic heterocycles. The summed E-state index contributed by atoms with van der Waals surface area (Å²) in [5.41, 5.74) is -0.227. The Morgan fingerprint density at radius 2 is 2.12 bits per heavy atom. The second-order valence-electron chi connectivity index (χ2n) is 2.98.